The third-order valence-corrected chi connectivity index (χ3v) is 3.74. The zero-order valence-corrected chi connectivity index (χ0v) is 10.5. The van der Waals surface area contributed by atoms with Crippen LogP contribution in [0.1, 0.15) is 36.4 Å². The van der Waals surface area contributed by atoms with Crippen LogP contribution in [-0.4, -0.2) is 7.11 Å². The Bertz CT molecular complexity index is 365. The summed E-state index contributed by atoms with van der Waals surface area (Å²) >= 11 is 3.60. The van der Waals surface area contributed by atoms with Gasteiger partial charge in [0, 0.05) is 10.5 Å². The Labute approximate surface area is 98.9 Å². The first kappa shape index (κ1) is 11.0. The Morgan fingerprint density at radius 1 is 1.40 bits per heavy atom. The molecule has 0 spiro atoms. The van der Waals surface area contributed by atoms with Crippen molar-refractivity contribution in [3.8, 4) is 5.75 Å². The first-order valence-corrected chi connectivity index (χ1v) is 6.13. The summed E-state index contributed by atoms with van der Waals surface area (Å²) in [6, 6.07) is 4.27. The number of methoxy groups -OCH3 is 1. The van der Waals surface area contributed by atoms with E-state index in [4.69, 9.17) is 10.5 Å². The SMILES string of the molecule is COc1cc(Br)c2c(c1)[C@H](N)CCCC2. The van der Waals surface area contributed by atoms with Gasteiger partial charge in [0.1, 0.15) is 5.75 Å². The Morgan fingerprint density at radius 3 is 2.93 bits per heavy atom. The van der Waals surface area contributed by atoms with Crippen molar-refractivity contribution in [2.75, 3.05) is 7.11 Å². The molecule has 82 valence electrons. The quantitative estimate of drug-likeness (QED) is 0.795. The molecule has 1 aromatic carbocycles. The molecule has 3 heteroatoms. The smallest absolute Gasteiger partial charge is 0.120 e. The molecule has 0 aliphatic heterocycles. The molecule has 15 heavy (non-hydrogen) atoms. The predicted octanol–water partition coefficient (Wildman–Crippen LogP) is 3.18. The van der Waals surface area contributed by atoms with Gasteiger partial charge in [0.2, 0.25) is 0 Å². The molecule has 2 N–H and O–H groups in total. The number of fused-ring (bicyclic) bond motifs is 1. The molecule has 0 heterocycles. The molecule has 2 nitrogen and oxygen atoms in total. The largest absolute Gasteiger partial charge is 0.497 e. The lowest BCUT2D eigenvalue weighted by molar-refractivity contribution is 0.413. The molecule has 1 aromatic rings. The summed E-state index contributed by atoms with van der Waals surface area (Å²) < 4.78 is 6.40. The minimum absolute atomic E-state index is 0.161. The summed E-state index contributed by atoms with van der Waals surface area (Å²) in [6.45, 7) is 0. The van der Waals surface area contributed by atoms with Gasteiger partial charge in [-0.05, 0) is 42.5 Å². The summed E-state index contributed by atoms with van der Waals surface area (Å²) in [4.78, 5) is 0. The Kier molecular flexibility index (Phi) is 3.32. The fourth-order valence-electron chi connectivity index (χ4n) is 2.17. The van der Waals surface area contributed by atoms with Crippen LogP contribution >= 0.6 is 15.9 Å². The molecule has 2 rings (SSSR count). The second-order valence-electron chi connectivity index (χ2n) is 4.03. The van der Waals surface area contributed by atoms with E-state index in [0.717, 1.165) is 23.1 Å². The minimum Gasteiger partial charge on any atom is -0.497 e. The van der Waals surface area contributed by atoms with Crippen molar-refractivity contribution in [1.82, 2.24) is 0 Å². The van der Waals surface area contributed by atoms with Gasteiger partial charge in [0.05, 0.1) is 7.11 Å². The molecule has 0 saturated carbocycles. The highest BCUT2D eigenvalue weighted by Crippen LogP contribution is 2.35. The number of hydrogen-bond donors (Lipinski definition) is 1. The lowest BCUT2D eigenvalue weighted by Gasteiger charge is -2.15. The Hall–Kier alpha value is -0.540. The van der Waals surface area contributed by atoms with Crippen LogP contribution in [0.3, 0.4) is 0 Å². The van der Waals surface area contributed by atoms with E-state index in [1.807, 2.05) is 6.07 Å². The van der Waals surface area contributed by atoms with Gasteiger partial charge in [-0.15, -0.1) is 0 Å². The van der Waals surface area contributed by atoms with Crippen LogP contribution in [0.2, 0.25) is 0 Å². The van der Waals surface area contributed by atoms with Crippen molar-refractivity contribution in [1.29, 1.82) is 0 Å². The molecule has 0 radical (unpaired) electrons. The van der Waals surface area contributed by atoms with E-state index in [1.54, 1.807) is 7.11 Å². The van der Waals surface area contributed by atoms with Crippen LogP contribution in [-0.2, 0) is 6.42 Å². The molecule has 0 bridgehead atoms. The van der Waals surface area contributed by atoms with Gasteiger partial charge >= 0.3 is 0 Å². The van der Waals surface area contributed by atoms with Crippen molar-refractivity contribution < 1.29 is 4.74 Å². The maximum Gasteiger partial charge on any atom is 0.120 e. The normalized spacial score (nSPS) is 20.6. The summed E-state index contributed by atoms with van der Waals surface area (Å²) in [5, 5.41) is 0. The first-order valence-electron chi connectivity index (χ1n) is 5.34. The van der Waals surface area contributed by atoms with Crippen LogP contribution in [0, 0.1) is 0 Å². The molecule has 0 aromatic heterocycles. The molecule has 1 atom stereocenters. The lowest BCUT2D eigenvalue weighted by atomic mass is 9.99. The Morgan fingerprint density at radius 2 is 2.20 bits per heavy atom. The van der Waals surface area contributed by atoms with Crippen LogP contribution in [0.25, 0.3) is 0 Å². The van der Waals surface area contributed by atoms with E-state index < -0.39 is 0 Å². The van der Waals surface area contributed by atoms with Crippen molar-refractivity contribution in [3.05, 3.63) is 27.7 Å². The number of benzene rings is 1. The van der Waals surface area contributed by atoms with E-state index in [2.05, 4.69) is 22.0 Å². The number of halogens is 1. The number of ether oxygens (including phenoxy) is 1. The maximum atomic E-state index is 6.16. The second-order valence-corrected chi connectivity index (χ2v) is 4.88. The van der Waals surface area contributed by atoms with Crippen molar-refractivity contribution in [2.24, 2.45) is 5.73 Å². The molecule has 1 aliphatic rings. The van der Waals surface area contributed by atoms with Gasteiger partial charge < -0.3 is 10.5 Å². The topological polar surface area (TPSA) is 35.2 Å². The number of hydrogen-bond acceptors (Lipinski definition) is 2. The summed E-state index contributed by atoms with van der Waals surface area (Å²) in [6.07, 6.45) is 4.64. The molecule has 0 fully saturated rings. The van der Waals surface area contributed by atoms with E-state index in [9.17, 15) is 0 Å². The van der Waals surface area contributed by atoms with Gasteiger partial charge in [-0.25, -0.2) is 0 Å². The second kappa shape index (κ2) is 4.54. The molecule has 0 amide bonds. The minimum atomic E-state index is 0.161. The number of nitrogens with two attached hydrogens (primary N) is 1. The zero-order valence-electron chi connectivity index (χ0n) is 8.92. The molecule has 0 saturated heterocycles. The lowest BCUT2D eigenvalue weighted by Crippen LogP contribution is -2.11. The first-order chi connectivity index (χ1) is 7.22. The standard InChI is InChI=1S/C12H16BrNO/c1-15-8-6-10-9(11(13)7-8)4-2-3-5-12(10)14/h6-7,12H,2-5,14H2,1H3/t12-/m1/s1. The van der Waals surface area contributed by atoms with Crippen LogP contribution in [0.4, 0.5) is 0 Å². The van der Waals surface area contributed by atoms with Gasteiger partial charge in [-0.1, -0.05) is 22.4 Å². The third kappa shape index (κ3) is 2.18. The maximum absolute atomic E-state index is 6.16. The van der Waals surface area contributed by atoms with E-state index in [1.165, 1.54) is 24.0 Å². The fraction of sp³-hybridized carbons (Fsp3) is 0.500. The molecular formula is C12H16BrNO. The van der Waals surface area contributed by atoms with Crippen LogP contribution in [0.5, 0.6) is 5.75 Å². The highest BCUT2D eigenvalue weighted by atomic mass is 79.9. The van der Waals surface area contributed by atoms with Gasteiger partial charge in [0.15, 0.2) is 0 Å². The van der Waals surface area contributed by atoms with Gasteiger partial charge in [-0.3, -0.25) is 0 Å². The fourth-order valence-corrected chi connectivity index (χ4v) is 2.82. The van der Waals surface area contributed by atoms with E-state index >= 15 is 0 Å². The molecule has 1 aliphatic carbocycles. The number of rotatable bonds is 1. The average molecular weight is 270 g/mol. The highest BCUT2D eigenvalue weighted by molar-refractivity contribution is 9.10. The molecule has 0 unspecified atom stereocenters. The van der Waals surface area contributed by atoms with Gasteiger partial charge in [-0.2, -0.15) is 0 Å². The Balaban J connectivity index is 2.50. The van der Waals surface area contributed by atoms with Crippen LogP contribution in [0.15, 0.2) is 16.6 Å². The summed E-state index contributed by atoms with van der Waals surface area (Å²) in [7, 11) is 1.69. The van der Waals surface area contributed by atoms with Gasteiger partial charge in [0.25, 0.3) is 0 Å². The molecular weight excluding hydrogens is 254 g/mol. The summed E-state index contributed by atoms with van der Waals surface area (Å²) in [5.74, 6) is 0.887. The highest BCUT2D eigenvalue weighted by Gasteiger charge is 2.18. The van der Waals surface area contributed by atoms with Crippen molar-refractivity contribution >= 4 is 15.9 Å². The average Bonchev–Trinajstić information content (AvgIpc) is 2.41. The van der Waals surface area contributed by atoms with Crippen LogP contribution < -0.4 is 10.5 Å². The van der Waals surface area contributed by atoms with Crippen molar-refractivity contribution in [3.63, 3.8) is 0 Å². The summed E-state index contributed by atoms with van der Waals surface area (Å²) in [5.41, 5.74) is 8.77. The van der Waals surface area contributed by atoms with E-state index in [-0.39, 0.29) is 6.04 Å². The third-order valence-electron chi connectivity index (χ3n) is 3.03. The van der Waals surface area contributed by atoms with E-state index in [0.29, 0.717) is 0 Å². The monoisotopic (exact) mass is 269 g/mol. The predicted molar refractivity (Wildman–Crippen MR) is 65.2 cm³/mol. The zero-order chi connectivity index (χ0) is 10.8. The van der Waals surface area contributed by atoms with Crippen molar-refractivity contribution in [2.45, 2.75) is 31.7 Å².